The van der Waals surface area contributed by atoms with Gasteiger partial charge in [0.1, 0.15) is 0 Å². The van der Waals surface area contributed by atoms with E-state index < -0.39 is 20.5 Å². The molecule has 2 bridgehead atoms. The summed E-state index contributed by atoms with van der Waals surface area (Å²) in [7, 11) is 0. The van der Waals surface area contributed by atoms with Gasteiger partial charge in [-0.2, -0.15) is 0 Å². The van der Waals surface area contributed by atoms with E-state index in [0.717, 1.165) is 25.8 Å². The maximum atomic E-state index is 13.9. The summed E-state index contributed by atoms with van der Waals surface area (Å²) in [5, 5.41) is 0. The number of para-hydroxylation sites is 1. The normalized spacial score (nSPS) is 30.8. The number of alkyl halides is 2. The van der Waals surface area contributed by atoms with Crippen LogP contribution in [0.15, 0.2) is 72.8 Å². The number of carbonyl (C=O) groups is 2. The highest BCUT2D eigenvalue weighted by Gasteiger charge is 2.72. The van der Waals surface area contributed by atoms with Crippen LogP contribution in [0.25, 0.3) is 0 Å². The number of nitrogens with zero attached hydrogens (tertiary/aromatic N) is 1. The molecule has 2 amide bonds. The third-order valence-corrected chi connectivity index (χ3v) is 10.3. The Morgan fingerprint density at radius 2 is 1.03 bits per heavy atom. The van der Waals surface area contributed by atoms with E-state index in [0.29, 0.717) is 5.69 Å². The summed E-state index contributed by atoms with van der Waals surface area (Å²) >= 11 is 10.2. The summed E-state index contributed by atoms with van der Waals surface area (Å²) in [6, 6.07) is 23.8. The van der Waals surface area contributed by atoms with Crippen molar-refractivity contribution in [3.63, 3.8) is 0 Å². The first-order chi connectivity index (χ1) is 14.4. The van der Waals surface area contributed by atoms with Crippen LogP contribution in [0.3, 0.4) is 0 Å². The predicted molar refractivity (Wildman–Crippen MR) is 131 cm³/mol. The Morgan fingerprint density at radius 1 is 0.667 bits per heavy atom. The molecule has 30 heavy (non-hydrogen) atoms. The molecule has 3 aliphatic carbocycles. The minimum absolute atomic E-state index is 0.154. The van der Waals surface area contributed by atoms with Crippen LogP contribution in [0.2, 0.25) is 0 Å². The number of imide groups is 1. The van der Waals surface area contributed by atoms with Gasteiger partial charge in [-0.25, -0.2) is 4.90 Å². The van der Waals surface area contributed by atoms with Gasteiger partial charge in [-0.15, -0.1) is 0 Å². The van der Waals surface area contributed by atoms with E-state index in [1.807, 2.05) is 48.5 Å². The van der Waals surface area contributed by atoms with Crippen LogP contribution in [0.1, 0.15) is 22.3 Å². The molecular formula is C24H14Br2INO2. The van der Waals surface area contributed by atoms with Gasteiger partial charge in [-0.3, -0.25) is 9.59 Å². The number of amides is 2. The van der Waals surface area contributed by atoms with Crippen molar-refractivity contribution in [3.05, 3.63) is 98.6 Å². The van der Waals surface area contributed by atoms with E-state index in [9.17, 15) is 9.59 Å². The van der Waals surface area contributed by atoms with Crippen LogP contribution < -0.4 is 4.90 Å². The van der Waals surface area contributed by atoms with Gasteiger partial charge in [0.25, 0.3) is 0 Å². The monoisotopic (exact) mass is 633 g/mol. The predicted octanol–water partition coefficient (Wildman–Crippen LogP) is 5.70. The minimum Gasteiger partial charge on any atom is -0.274 e. The van der Waals surface area contributed by atoms with Crippen LogP contribution in [-0.2, 0) is 18.2 Å². The number of hydrogen-bond donors (Lipinski definition) is 0. The van der Waals surface area contributed by atoms with Crippen molar-refractivity contribution >= 4 is 72.0 Å². The number of benzene rings is 3. The Kier molecular flexibility index (Phi) is 4.01. The molecule has 0 saturated carbocycles. The topological polar surface area (TPSA) is 37.4 Å². The van der Waals surface area contributed by atoms with Gasteiger partial charge < -0.3 is 0 Å². The lowest BCUT2D eigenvalue weighted by Crippen LogP contribution is -2.56. The first-order valence-corrected chi connectivity index (χ1v) is 12.3. The first kappa shape index (κ1) is 19.2. The molecule has 0 N–H and O–H groups in total. The maximum absolute atomic E-state index is 13.9. The summed E-state index contributed by atoms with van der Waals surface area (Å²) in [4.78, 5) is 29.2. The molecule has 0 spiro atoms. The minimum atomic E-state index is -0.748. The second-order valence-corrected chi connectivity index (χ2v) is 11.6. The van der Waals surface area contributed by atoms with E-state index >= 15 is 0 Å². The molecule has 1 fully saturated rings. The third kappa shape index (κ3) is 2.06. The Balaban J connectivity index is 1.68. The molecule has 1 aliphatic heterocycles. The second-order valence-electron chi connectivity index (χ2n) is 7.93. The van der Waals surface area contributed by atoms with Crippen molar-refractivity contribution in [1.29, 1.82) is 0 Å². The fourth-order valence-corrected chi connectivity index (χ4v) is 8.47. The van der Waals surface area contributed by atoms with Gasteiger partial charge in [0.05, 0.1) is 26.2 Å². The van der Waals surface area contributed by atoms with Crippen molar-refractivity contribution in [3.8, 4) is 0 Å². The fourth-order valence-electron chi connectivity index (χ4n) is 5.54. The number of rotatable bonds is 1. The Labute approximate surface area is 204 Å². The molecule has 0 radical (unpaired) electrons. The van der Waals surface area contributed by atoms with Crippen LogP contribution >= 0.6 is 54.5 Å². The molecule has 2 atom stereocenters. The van der Waals surface area contributed by atoms with Gasteiger partial charge in [0, 0.05) is 3.57 Å². The summed E-state index contributed by atoms with van der Waals surface area (Å²) < 4.78 is -0.616. The molecular weight excluding hydrogens is 621 g/mol. The second kappa shape index (κ2) is 6.26. The molecule has 0 unspecified atom stereocenters. The van der Waals surface area contributed by atoms with E-state index in [-0.39, 0.29) is 11.8 Å². The van der Waals surface area contributed by atoms with Gasteiger partial charge in [0.2, 0.25) is 11.8 Å². The lowest BCUT2D eigenvalue weighted by Gasteiger charge is -2.55. The van der Waals surface area contributed by atoms with Crippen molar-refractivity contribution in [2.24, 2.45) is 11.8 Å². The number of hydrogen-bond acceptors (Lipinski definition) is 2. The standard InChI is InChI=1S/C24H14Br2INO2/c25-23-13-7-1-2-8-14(13)24(26,16-10-4-3-9-15(16)23)20-19(23)21(29)28(22(20)30)18-12-6-5-11-17(18)27/h1-12,19-20H/t19-,20+,23?,24?. The van der Waals surface area contributed by atoms with Gasteiger partial charge in [-0.1, -0.05) is 92.5 Å². The largest absolute Gasteiger partial charge is 0.274 e. The van der Waals surface area contributed by atoms with Crippen LogP contribution in [0.5, 0.6) is 0 Å². The van der Waals surface area contributed by atoms with Gasteiger partial charge in [0.15, 0.2) is 0 Å². The highest BCUT2D eigenvalue weighted by Crippen LogP contribution is 2.70. The molecule has 4 aliphatic rings. The molecule has 3 aromatic rings. The average molecular weight is 635 g/mol. The Bertz CT molecular complexity index is 1150. The zero-order chi connectivity index (χ0) is 20.8. The quantitative estimate of drug-likeness (QED) is 0.196. The summed E-state index contributed by atoms with van der Waals surface area (Å²) in [5.41, 5.74) is 4.85. The lowest BCUT2D eigenvalue weighted by molar-refractivity contribution is -0.122. The molecule has 7 rings (SSSR count). The highest BCUT2D eigenvalue weighted by atomic mass is 127. The fraction of sp³-hybridized carbons (Fsp3) is 0.167. The van der Waals surface area contributed by atoms with Gasteiger partial charge in [-0.05, 0) is 57.0 Å². The van der Waals surface area contributed by atoms with E-state index in [4.69, 9.17) is 0 Å². The number of carbonyl (C=O) groups excluding carboxylic acids is 2. The van der Waals surface area contributed by atoms with Crippen molar-refractivity contribution in [2.75, 3.05) is 4.90 Å². The van der Waals surface area contributed by atoms with E-state index in [2.05, 4.69) is 78.7 Å². The van der Waals surface area contributed by atoms with Crippen molar-refractivity contribution < 1.29 is 9.59 Å². The molecule has 0 aromatic heterocycles. The highest BCUT2D eigenvalue weighted by molar-refractivity contribution is 14.1. The smallest absolute Gasteiger partial charge is 0.239 e. The number of anilines is 1. The summed E-state index contributed by atoms with van der Waals surface area (Å²) in [6.45, 7) is 0. The average Bonchev–Trinajstić information content (AvgIpc) is 3.04. The van der Waals surface area contributed by atoms with Crippen LogP contribution in [-0.4, -0.2) is 11.8 Å². The van der Waals surface area contributed by atoms with Gasteiger partial charge >= 0.3 is 0 Å². The Hall–Kier alpha value is -1.51. The van der Waals surface area contributed by atoms with Crippen LogP contribution in [0, 0.1) is 15.4 Å². The zero-order valence-electron chi connectivity index (χ0n) is 15.5. The third-order valence-electron chi connectivity index (χ3n) is 6.68. The van der Waals surface area contributed by atoms with E-state index in [1.54, 1.807) is 0 Å². The molecule has 1 saturated heterocycles. The molecule has 148 valence electrons. The molecule has 1 heterocycles. The van der Waals surface area contributed by atoms with E-state index in [1.165, 1.54) is 4.90 Å². The maximum Gasteiger partial charge on any atom is 0.239 e. The molecule has 3 aromatic carbocycles. The molecule has 6 heteroatoms. The zero-order valence-corrected chi connectivity index (χ0v) is 20.8. The van der Waals surface area contributed by atoms with Crippen LogP contribution in [0.4, 0.5) is 5.69 Å². The number of halogens is 3. The summed E-state index contributed by atoms with van der Waals surface area (Å²) in [5.74, 6) is -1.38. The SMILES string of the molecule is O=C1[C@@H]2[C@H](C(=O)N1c1ccccc1I)C1(Br)c3ccccc3C2(Br)c2ccccc21. The Morgan fingerprint density at radius 3 is 1.43 bits per heavy atom. The van der Waals surface area contributed by atoms with Crippen molar-refractivity contribution in [1.82, 2.24) is 0 Å². The first-order valence-electron chi connectivity index (χ1n) is 9.62. The molecule has 3 nitrogen and oxygen atoms in total. The summed E-state index contributed by atoms with van der Waals surface area (Å²) in [6.07, 6.45) is 0. The van der Waals surface area contributed by atoms with Crippen molar-refractivity contribution in [2.45, 2.75) is 8.65 Å². The lowest BCUT2D eigenvalue weighted by atomic mass is 9.54.